The Hall–Kier alpha value is -0.280. The van der Waals surface area contributed by atoms with Crippen LogP contribution < -0.4 is 6.15 Å². The molecule has 0 fully saturated rings. The lowest BCUT2D eigenvalue weighted by Gasteiger charge is -1.96. The average molecular weight is 191 g/mol. The number of aliphatic hydroxyl groups excluding tert-OH is 4. The molecule has 0 aliphatic carbocycles. The van der Waals surface area contributed by atoms with E-state index in [1.807, 2.05) is 0 Å². The zero-order valence-corrected chi connectivity index (χ0v) is 7.19. The molecule has 12 heavy (non-hydrogen) atoms. The van der Waals surface area contributed by atoms with E-state index in [9.17, 15) is 0 Å². The van der Waals surface area contributed by atoms with Gasteiger partial charge in [-0.3, -0.25) is 0 Å². The summed E-state index contributed by atoms with van der Waals surface area (Å²) in [6.45, 7) is 1.20. The summed E-state index contributed by atoms with van der Waals surface area (Å²) in [5.41, 5.74) is 0. The molecule has 7 nitrogen and oxygen atoms in total. The van der Waals surface area contributed by atoms with Gasteiger partial charge in [0.1, 0.15) is 6.10 Å². The van der Waals surface area contributed by atoms with Crippen molar-refractivity contribution >= 4 is 0 Å². The fraction of sp³-hybridized carbons (Fsp3) is 1.00. The van der Waals surface area contributed by atoms with Crippen LogP contribution in [0.1, 0.15) is 6.92 Å². The van der Waals surface area contributed by atoms with Gasteiger partial charge in [-0.15, -0.1) is 0 Å². The highest BCUT2D eigenvalue weighted by molar-refractivity contribution is 4.43. The van der Waals surface area contributed by atoms with Crippen molar-refractivity contribution in [1.82, 2.24) is 6.15 Å². The fourth-order valence-electron chi connectivity index (χ4n) is 0.0577. The van der Waals surface area contributed by atoms with Gasteiger partial charge in [-0.1, -0.05) is 0 Å². The SMILES string of the molecule is CCO.N.O.O.OCC(O)CO. The van der Waals surface area contributed by atoms with Crippen LogP contribution in [0.2, 0.25) is 0 Å². The predicted octanol–water partition coefficient (Wildman–Crippen LogP) is -3.16. The molecule has 0 radical (unpaired) electrons. The summed E-state index contributed by atoms with van der Waals surface area (Å²) in [5.74, 6) is 0. The largest absolute Gasteiger partial charge is 0.412 e. The van der Waals surface area contributed by atoms with Crippen LogP contribution in [-0.2, 0) is 0 Å². The summed E-state index contributed by atoms with van der Waals surface area (Å²) in [6.07, 6.45) is -0.954. The minimum Gasteiger partial charge on any atom is -0.412 e. The fourth-order valence-corrected chi connectivity index (χ4v) is 0.0577. The van der Waals surface area contributed by atoms with Gasteiger partial charge in [-0.05, 0) is 6.92 Å². The van der Waals surface area contributed by atoms with Gasteiger partial charge in [0.05, 0.1) is 13.2 Å². The quantitative estimate of drug-likeness (QED) is 0.308. The van der Waals surface area contributed by atoms with Crippen LogP contribution in [0.4, 0.5) is 0 Å². The lowest BCUT2D eigenvalue weighted by atomic mass is 10.4. The van der Waals surface area contributed by atoms with E-state index in [0.717, 1.165) is 0 Å². The molecule has 0 rings (SSSR count). The lowest BCUT2D eigenvalue weighted by molar-refractivity contribution is 0.0450. The Labute approximate surface area is 71.5 Å². The van der Waals surface area contributed by atoms with Crippen LogP contribution in [0.25, 0.3) is 0 Å². The molecule has 0 saturated carbocycles. The Balaban J connectivity index is -0.0000000246. The number of rotatable bonds is 2. The smallest absolute Gasteiger partial charge is 0.100 e. The summed E-state index contributed by atoms with van der Waals surface area (Å²) < 4.78 is 0. The number of hydrogen-bond acceptors (Lipinski definition) is 5. The molecule has 0 saturated heterocycles. The first-order valence-corrected chi connectivity index (χ1v) is 2.73. The normalized spacial score (nSPS) is 6.50. The van der Waals surface area contributed by atoms with Crippen molar-refractivity contribution in [2.45, 2.75) is 13.0 Å². The maximum Gasteiger partial charge on any atom is 0.100 e. The topological polar surface area (TPSA) is 179 Å². The Kier molecular flexibility index (Phi) is 76.9. The van der Waals surface area contributed by atoms with Crippen molar-refractivity contribution in [2.24, 2.45) is 0 Å². The summed E-state index contributed by atoms with van der Waals surface area (Å²) in [5, 5.41) is 31.6. The molecule has 0 aromatic carbocycles. The number of aliphatic hydroxyl groups is 4. The molecule has 7 heteroatoms. The van der Waals surface area contributed by atoms with Crippen molar-refractivity contribution in [1.29, 1.82) is 0 Å². The van der Waals surface area contributed by atoms with Crippen molar-refractivity contribution < 1.29 is 31.4 Å². The maximum absolute atomic E-state index is 8.17. The van der Waals surface area contributed by atoms with E-state index in [0.29, 0.717) is 0 Å². The average Bonchev–Trinajstić information content (AvgIpc) is 1.88. The Morgan fingerprint density at radius 1 is 1.00 bits per heavy atom. The molecular formula is C5H21NO6. The standard InChI is InChI=1S/C3H8O3.C2H6O.H3N.2H2O/c4-1-3(6)2-5;1-2-3;;;/h3-6H,1-2H2;3H,2H2,1H3;1H3;2*1H2. The first kappa shape index (κ1) is 29.8. The summed E-state index contributed by atoms with van der Waals surface area (Å²) in [7, 11) is 0. The van der Waals surface area contributed by atoms with Gasteiger partial charge >= 0.3 is 0 Å². The van der Waals surface area contributed by atoms with E-state index in [2.05, 4.69) is 0 Å². The van der Waals surface area contributed by atoms with Crippen LogP contribution in [0.5, 0.6) is 0 Å². The third-order valence-electron chi connectivity index (χ3n) is 0.421. The minimum absolute atomic E-state index is 0. The molecular weight excluding hydrogens is 170 g/mol. The Morgan fingerprint density at radius 2 is 1.17 bits per heavy atom. The third-order valence-corrected chi connectivity index (χ3v) is 0.421. The van der Waals surface area contributed by atoms with Crippen LogP contribution in [0.15, 0.2) is 0 Å². The first-order chi connectivity index (χ1) is 4.22. The van der Waals surface area contributed by atoms with Gasteiger partial charge in [0, 0.05) is 6.61 Å². The zero-order chi connectivity index (χ0) is 7.70. The first-order valence-electron chi connectivity index (χ1n) is 2.73. The molecule has 0 aliphatic heterocycles. The molecule has 11 N–H and O–H groups in total. The molecule has 0 amide bonds. The number of hydrogen-bond donors (Lipinski definition) is 5. The van der Waals surface area contributed by atoms with Crippen molar-refractivity contribution in [2.75, 3.05) is 19.8 Å². The molecule has 0 aromatic heterocycles. The van der Waals surface area contributed by atoms with Gasteiger partial charge < -0.3 is 37.5 Å². The van der Waals surface area contributed by atoms with Crippen molar-refractivity contribution in [3.8, 4) is 0 Å². The molecule has 0 heterocycles. The van der Waals surface area contributed by atoms with Gasteiger partial charge in [-0.25, -0.2) is 0 Å². The van der Waals surface area contributed by atoms with Crippen LogP contribution in [0.3, 0.4) is 0 Å². The minimum atomic E-state index is -0.954. The van der Waals surface area contributed by atoms with E-state index in [4.69, 9.17) is 20.4 Å². The van der Waals surface area contributed by atoms with E-state index in [1.54, 1.807) is 6.92 Å². The third kappa shape index (κ3) is 53.4. The van der Waals surface area contributed by atoms with E-state index < -0.39 is 6.10 Å². The summed E-state index contributed by atoms with van der Waals surface area (Å²) in [6, 6.07) is 0. The van der Waals surface area contributed by atoms with Crippen LogP contribution >= 0.6 is 0 Å². The molecule has 0 aromatic rings. The Morgan fingerprint density at radius 3 is 1.17 bits per heavy atom. The van der Waals surface area contributed by atoms with Gasteiger partial charge in [-0.2, -0.15) is 0 Å². The highest BCUT2D eigenvalue weighted by atomic mass is 16.3. The van der Waals surface area contributed by atoms with Crippen molar-refractivity contribution in [3.63, 3.8) is 0 Å². The molecule has 0 bridgehead atoms. The van der Waals surface area contributed by atoms with Gasteiger partial charge in [0.2, 0.25) is 0 Å². The van der Waals surface area contributed by atoms with E-state index in [-0.39, 0.29) is 36.9 Å². The highest BCUT2D eigenvalue weighted by Crippen LogP contribution is 1.71. The second-order valence-corrected chi connectivity index (χ2v) is 1.34. The maximum atomic E-state index is 8.17. The predicted molar refractivity (Wildman–Crippen MR) is 45.2 cm³/mol. The van der Waals surface area contributed by atoms with E-state index in [1.165, 1.54) is 0 Å². The summed E-state index contributed by atoms with van der Waals surface area (Å²) in [4.78, 5) is 0. The molecule has 0 unspecified atom stereocenters. The van der Waals surface area contributed by atoms with Gasteiger partial charge in [0.25, 0.3) is 0 Å². The van der Waals surface area contributed by atoms with E-state index >= 15 is 0 Å². The van der Waals surface area contributed by atoms with Gasteiger partial charge in [0.15, 0.2) is 0 Å². The lowest BCUT2D eigenvalue weighted by Crippen LogP contribution is -2.15. The second kappa shape index (κ2) is 31.0. The van der Waals surface area contributed by atoms with Crippen LogP contribution in [-0.4, -0.2) is 57.3 Å². The second-order valence-electron chi connectivity index (χ2n) is 1.34. The summed E-state index contributed by atoms with van der Waals surface area (Å²) >= 11 is 0. The van der Waals surface area contributed by atoms with Crippen molar-refractivity contribution in [3.05, 3.63) is 0 Å². The molecule has 82 valence electrons. The molecule has 0 spiro atoms. The van der Waals surface area contributed by atoms with Crippen LogP contribution in [0, 0.1) is 0 Å². The highest BCUT2D eigenvalue weighted by Gasteiger charge is 1.93. The monoisotopic (exact) mass is 191 g/mol. The zero-order valence-electron chi connectivity index (χ0n) is 7.19. The molecule has 0 aliphatic rings. The Bertz CT molecular complexity index is 42.9. The molecule has 0 atom stereocenters.